The second-order valence-electron chi connectivity index (χ2n) is 2.80. The van der Waals surface area contributed by atoms with E-state index in [4.69, 9.17) is 9.47 Å². The van der Waals surface area contributed by atoms with Crippen molar-refractivity contribution in [3.63, 3.8) is 0 Å². The maximum absolute atomic E-state index is 5.28. The maximum Gasteiger partial charge on any atom is 0.273 e. The zero-order valence-corrected chi connectivity index (χ0v) is 5.80. The molecule has 2 aliphatic heterocycles. The van der Waals surface area contributed by atoms with E-state index in [1.807, 2.05) is 0 Å². The molecule has 0 amide bonds. The van der Waals surface area contributed by atoms with Crippen LogP contribution in [-0.4, -0.2) is 31.8 Å². The van der Waals surface area contributed by atoms with E-state index in [-0.39, 0.29) is 5.60 Å². The molecule has 0 N–H and O–H groups in total. The fourth-order valence-electron chi connectivity index (χ4n) is 1.34. The predicted molar refractivity (Wildman–Crippen MR) is 36.2 cm³/mol. The van der Waals surface area contributed by atoms with E-state index < -0.39 is 0 Å². The first kappa shape index (κ1) is 6.16. The van der Waals surface area contributed by atoms with Gasteiger partial charge in [0.1, 0.15) is 5.60 Å². The number of aliphatic imine (C=N–C) groups is 1. The molecule has 1 radical (unpaired) electrons. The van der Waals surface area contributed by atoms with E-state index >= 15 is 0 Å². The van der Waals surface area contributed by atoms with Crippen molar-refractivity contribution in [2.75, 3.05) is 19.8 Å². The summed E-state index contributed by atoms with van der Waals surface area (Å²) in [7, 11) is 0. The van der Waals surface area contributed by atoms with Crippen molar-refractivity contribution in [3.05, 3.63) is 0 Å². The molecule has 55 valence electrons. The first-order valence-corrected chi connectivity index (χ1v) is 3.59. The Kier molecular flexibility index (Phi) is 1.38. The monoisotopic (exact) mass is 140 g/mol. The standard InChI is InChI=1S/C7H10NO2/c1-3-9-4-2-7(1)5-8-6-10-7/h1-5H2. The third kappa shape index (κ3) is 0.904. The molecule has 0 atom stereocenters. The van der Waals surface area contributed by atoms with Crippen LogP contribution < -0.4 is 0 Å². The Morgan fingerprint density at radius 3 is 2.70 bits per heavy atom. The Morgan fingerprint density at radius 1 is 1.30 bits per heavy atom. The van der Waals surface area contributed by atoms with Crippen LogP contribution in [0.25, 0.3) is 0 Å². The van der Waals surface area contributed by atoms with Gasteiger partial charge in [0.2, 0.25) is 0 Å². The Balaban J connectivity index is 2.00. The molecule has 0 aliphatic carbocycles. The summed E-state index contributed by atoms with van der Waals surface area (Å²) in [4.78, 5) is 3.93. The van der Waals surface area contributed by atoms with Gasteiger partial charge in [-0.25, -0.2) is 4.99 Å². The number of ether oxygens (including phenoxy) is 2. The second kappa shape index (κ2) is 2.23. The van der Waals surface area contributed by atoms with Crippen LogP contribution in [0.4, 0.5) is 0 Å². The van der Waals surface area contributed by atoms with Gasteiger partial charge in [-0.15, -0.1) is 0 Å². The average molecular weight is 140 g/mol. The molecule has 0 aromatic heterocycles. The molecular formula is C7H10NO2. The van der Waals surface area contributed by atoms with E-state index in [9.17, 15) is 0 Å². The molecule has 0 bridgehead atoms. The second-order valence-corrected chi connectivity index (χ2v) is 2.80. The summed E-state index contributed by atoms with van der Waals surface area (Å²) >= 11 is 0. The Morgan fingerprint density at radius 2 is 2.10 bits per heavy atom. The minimum atomic E-state index is -0.0295. The van der Waals surface area contributed by atoms with Crippen molar-refractivity contribution in [2.45, 2.75) is 18.4 Å². The zero-order valence-electron chi connectivity index (χ0n) is 5.80. The van der Waals surface area contributed by atoms with Crippen LogP contribution in [0, 0.1) is 0 Å². The van der Waals surface area contributed by atoms with Gasteiger partial charge in [0.25, 0.3) is 6.40 Å². The lowest BCUT2D eigenvalue weighted by atomic mass is 9.95. The molecule has 1 fully saturated rings. The van der Waals surface area contributed by atoms with Crippen molar-refractivity contribution in [3.8, 4) is 0 Å². The van der Waals surface area contributed by atoms with Crippen molar-refractivity contribution in [1.29, 1.82) is 0 Å². The summed E-state index contributed by atoms with van der Waals surface area (Å²) in [6.45, 7) is 2.38. The minimum Gasteiger partial charge on any atom is -0.465 e. The summed E-state index contributed by atoms with van der Waals surface area (Å²) in [6, 6.07) is 0. The molecule has 3 heteroatoms. The fraction of sp³-hybridized carbons (Fsp3) is 0.857. The molecule has 2 aliphatic rings. The topological polar surface area (TPSA) is 30.8 Å². The molecule has 2 rings (SSSR count). The summed E-state index contributed by atoms with van der Waals surface area (Å²) in [6.07, 6.45) is 4.48. The maximum atomic E-state index is 5.28. The summed E-state index contributed by atoms with van der Waals surface area (Å²) in [5.41, 5.74) is -0.0295. The third-order valence-corrected chi connectivity index (χ3v) is 2.10. The van der Waals surface area contributed by atoms with Crippen LogP contribution in [0.3, 0.4) is 0 Å². The van der Waals surface area contributed by atoms with Gasteiger partial charge in [0.15, 0.2) is 0 Å². The first-order valence-electron chi connectivity index (χ1n) is 3.59. The SMILES string of the molecule is [C]1=NCC2(CCOCC2)O1. The Labute approximate surface area is 60.0 Å². The van der Waals surface area contributed by atoms with E-state index in [1.54, 1.807) is 0 Å². The van der Waals surface area contributed by atoms with Crippen molar-refractivity contribution in [1.82, 2.24) is 0 Å². The normalized spacial score (nSPS) is 28.8. The minimum absolute atomic E-state index is 0.0295. The molecule has 0 aromatic rings. The van der Waals surface area contributed by atoms with E-state index in [0.717, 1.165) is 32.6 Å². The molecule has 0 saturated carbocycles. The van der Waals surface area contributed by atoms with Crippen LogP contribution in [-0.2, 0) is 9.47 Å². The van der Waals surface area contributed by atoms with Crippen LogP contribution in [0.5, 0.6) is 0 Å². The van der Waals surface area contributed by atoms with Crippen LogP contribution >= 0.6 is 0 Å². The molecule has 3 nitrogen and oxygen atoms in total. The molecule has 1 saturated heterocycles. The van der Waals surface area contributed by atoms with Gasteiger partial charge in [0.05, 0.1) is 19.8 Å². The smallest absolute Gasteiger partial charge is 0.273 e. The van der Waals surface area contributed by atoms with Gasteiger partial charge in [-0.1, -0.05) is 0 Å². The van der Waals surface area contributed by atoms with Gasteiger partial charge in [-0.3, -0.25) is 0 Å². The molecular weight excluding hydrogens is 130 g/mol. The van der Waals surface area contributed by atoms with Crippen molar-refractivity contribution < 1.29 is 9.47 Å². The van der Waals surface area contributed by atoms with Crippen LogP contribution in [0.15, 0.2) is 4.99 Å². The molecule has 0 unspecified atom stereocenters. The number of nitrogens with zero attached hydrogens (tertiary/aromatic N) is 1. The van der Waals surface area contributed by atoms with Crippen molar-refractivity contribution >= 4 is 6.40 Å². The largest absolute Gasteiger partial charge is 0.465 e. The highest BCUT2D eigenvalue weighted by Gasteiger charge is 2.36. The van der Waals surface area contributed by atoms with Crippen LogP contribution in [0.1, 0.15) is 12.8 Å². The average Bonchev–Trinajstić information content (AvgIpc) is 2.39. The highest BCUT2D eigenvalue weighted by atomic mass is 16.5. The number of hydrogen-bond donors (Lipinski definition) is 0. The molecule has 2 heterocycles. The van der Waals surface area contributed by atoms with Crippen molar-refractivity contribution in [2.24, 2.45) is 4.99 Å². The van der Waals surface area contributed by atoms with Gasteiger partial charge in [0, 0.05) is 12.8 Å². The van der Waals surface area contributed by atoms with E-state index in [0.29, 0.717) is 0 Å². The third-order valence-electron chi connectivity index (χ3n) is 2.10. The lowest BCUT2D eigenvalue weighted by Gasteiger charge is -2.30. The zero-order chi connectivity index (χ0) is 6.86. The summed E-state index contributed by atoms with van der Waals surface area (Å²) < 4.78 is 10.5. The van der Waals surface area contributed by atoms with E-state index in [2.05, 4.69) is 11.4 Å². The predicted octanol–water partition coefficient (Wildman–Crippen LogP) is 0.471. The van der Waals surface area contributed by atoms with Gasteiger partial charge < -0.3 is 9.47 Å². The quantitative estimate of drug-likeness (QED) is 0.489. The lowest BCUT2D eigenvalue weighted by molar-refractivity contribution is -0.0332. The number of rotatable bonds is 0. The fourth-order valence-corrected chi connectivity index (χ4v) is 1.34. The number of hydrogen-bond acceptors (Lipinski definition) is 3. The highest BCUT2D eigenvalue weighted by Crippen LogP contribution is 2.27. The Bertz CT molecular complexity index is 140. The van der Waals surface area contributed by atoms with Gasteiger partial charge >= 0.3 is 0 Å². The first-order chi connectivity index (χ1) is 4.91. The highest BCUT2D eigenvalue weighted by molar-refractivity contribution is 5.50. The van der Waals surface area contributed by atoms with Crippen LogP contribution in [0.2, 0.25) is 0 Å². The van der Waals surface area contributed by atoms with Gasteiger partial charge in [-0.05, 0) is 0 Å². The lowest BCUT2D eigenvalue weighted by Crippen LogP contribution is -2.38. The molecule has 10 heavy (non-hydrogen) atoms. The summed E-state index contributed by atoms with van der Waals surface area (Å²) in [5.74, 6) is 0. The Hall–Kier alpha value is -0.570. The van der Waals surface area contributed by atoms with Gasteiger partial charge in [-0.2, -0.15) is 0 Å². The summed E-state index contributed by atoms with van der Waals surface area (Å²) in [5, 5.41) is 0. The molecule has 1 spiro atoms. The molecule has 0 aromatic carbocycles. The van der Waals surface area contributed by atoms with E-state index in [1.165, 1.54) is 0 Å².